The molecule has 0 aliphatic carbocycles. The third kappa shape index (κ3) is 4.53. The zero-order valence-corrected chi connectivity index (χ0v) is 18.6. The number of nitrogens with zero attached hydrogens (tertiary/aromatic N) is 3. The van der Waals surface area contributed by atoms with Gasteiger partial charge in [0.05, 0.1) is 16.3 Å². The van der Waals surface area contributed by atoms with E-state index in [2.05, 4.69) is 4.98 Å². The van der Waals surface area contributed by atoms with Crippen LogP contribution in [0.4, 0.5) is 15.2 Å². The van der Waals surface area contributed by atoms with Gasteiger partial charge in [0.2, 0.25) is 15.9 Å². The van der Waals surface area contributed by atoms with Crippen LogP contribution in [0.25, 0.3) is 0 Å². The van der Waals surface area contributed by atoms with Gasteiger partial charge >= 0.3 is 0 Å². The molecule has 0 radical (unpaired) electrons. The Morgan fingerprint density at radius 2 is 1.74 bits per heavy atom. The Kier molecular flexibility index (Phi) is 6.17. The molecule has 1 aliphatic rings. The Balaban J connectivity index is 1.51. The number of thiazole rings is 1. The number of rotatable bonds is 5. The van der Waals surface area contributed by atoms with Crippen molar-refractivity contribution in [3.63, 3.8) is 0 Å². The summed E-state index contributed by atoms with van der Waals surface area (Å²) in [6.45, 7) is 2.34. The predicted molar refractivity (Wildman–Crippen MR) is 118 cm³/mol. The highest BCUT2D eigenvalue weighted by atomic mass is 32.2. The van der Waals surface area contributed by atoms with Crippen LogP contribution in [0.3, 0.4) is 0 Å². The number of carbonyl (C=O) groups excluding carboxylic acids is 1. The molecule has 162 valence electrons. The van der Waals surface area contributed by atoms with Gasteiger partial charge in [0.25, 0.3) is 0 Å². The summed E-state index contributed by atoms with van der Waals surface area (Å²) in [6.07, 6.45) is 0.819. The van der Waals surface area contributed by atoms with Crippen molar-refractivity contribution >= 4 is 38.1 Å². The van der Waals surface area contributed by atoms with Gasteiger partial charge in [-0.2, -0.15) is 4.31 Å². The number of piperidine rings is 1. The monoisotopic (exact) mass is 459 g/mol. The van der Waals surface area contributed by atoms with Crippen LogP contribution in [0.15, 0.2) is 64.9 Å². The summed E-state index contributed by atoms with van der Waals surface area (Å²) in [5.41, 5.74) is 1.58. The number of sulfonamides is 1. The number of hydrogen-bond acceptors (Lipinski definition) is 5. The Morgan fingerprint density at radius 3 is 2.32 bits per heavy atom. The van der Waals surface area contributed by atoms with E-state index < -0.39 is 15.8 Å². The van der Waals surface area contributed by atoms with Crippen molar-refractivity contribution in [2.75, 3.05) is 18.0 Å². The zero-order valence-electron chi connectivity index (χ0n) is 16.9. The number of benzene rings is 2. The highest BCUT2D eigenvalue weighted by Gasteiger charge is 2.35. The summed E-state index contributed by atoms with van der Waals surface area (Å²) in [5, 5.41) is 2.51. The maximum Gasteiger partial charge on any atom is 0.243 e. The van der Waals surface area contributed by atoms with E-state index in [0.717, 1.165) is 23.5 Å². The smallest absolute Gasteiger partial charge is 0.243 e. The predicted octanol–water partition coefficient (Wildman–Crippen LogP) is 4.36. The topological polar surface area (TPSA) is 70.6 Å². The Labute approximate surface area is 185 Å². The van der Waals surface area contributed by atoms with Crippen LogP contribution >= 0.6 is 11.3 Å². The molecule has 0 atom stereocenters. The van der Waals surface area contributed by atoms with Crippen LogP contribution in [-0.2, 0) is 14.8 Å². The minimum absolute atomic E-state index is 0.0582. The minimum Gasteiger partial charge on any atom is -0.274 e. The number of aryl methyl sites for hydroxylation is 1. The molecule has 0 bridgehead atoms. The lowest BCUT2D eigenvalue weighted by Crippen LogP contribution is -2.43. The van der Waals surface area contributed by atoms with E-state index >= 15 is 0 Å². The van der Waals surface area contributed by atoms with Crippen LogP contribution in [0, 0.1) is 18.7 Å². The van der Waals surface area contributed by atoms with Gasteiger partial charge < -0.3 is 0 Å². The lowest BCUT2D eigenvalue weighted by molar-refractivity contribution is -0.122. The zero-order chi connectivity index (χ0) is 22.0. The van der Waals surface area contributed by atoms with E-state index in [1.165, 1.54) is 27.8 Å². The number of halogens is 1. The maximum absolute atomic E-state index is 13.5. The standard InChI is InChI=1S/C22H22FN3O3S2/c1-16-15-30-22(24-16)26(19-5-3-2-4-6-19)21(27)17-11-13-25(14-12-17)31(28,29)20-9-7-18(23)8-10-20/h2-10,15,17H,11-14H2,1H3. The number of amides is 1. The summed E-state index contributed by atoms with van der Waals surface area (Å²) in [5.74, 6) is -0.884. The molecule has 31 heavy (non-hydrogen) atoms. The third-order valence-corrected chi connectivity index (χ3v) is 8.14. The first kappa shape index (κ1) is 21.6. The Morgan fingerprint density at radius 1 is 1.10 bits per heavy atom. The van der Waals surface area contributed by atoms with E-state index in [0.29, 0.717) is 18.0 Å². The van der Waals surface area contributed by atoms with Crippen LogP contribution in [-0.4, -0.2) is 36.7 Å². The molecule has 6 nitrogen and oxygen atoms in total. The second-order valence-corrected chi connectivity index (χ2v) is 10.2. The van der Waals surface area contributed by atoms with Gasteiger partial charge in [0, 0.05) is 24.4 Å². The molecule has 1 amide bonds. The molecule has 0 unspecified atom stereocenters. The number of anilines is 2. The average molecular weight is 460 g/mol. The molecule has 0 N–H and O–H groups in total. The lowest BCUT2D eigenvalue weighted by atomic mass is 9.96. The van der Waals surface area contributed by atoms with Crippen LogP contribution < -0.4 is 4.90 Å². The fraction of sp³-hybridized carbons (Fsp3) is 0.273. The van der Waals surface area contributed by atoms with Gasteiger partial charge in [-0.05, 0) is 56.2 Å². The van der Waals surface area contributed by atoms with Crippen LogP contribution in [0.5, 0.6) is 0 Å². The highest BCUT2D eigenvalue weighted by molar-refractivity contribution is 7.89. The van der Waals surface area contributed by atoms with Crippen molar-refractivity contribution in [1.82, 2.24) is 9.29 Å². The summed E-state index contributed by atoms with van der Waals surface area (Å²) in [6, 6.07) is 14.2. The SMILES string of the molecule is Cc1csc(N(C(=O)C2CCN(S(=O)(=O)c3ccc(F)cc3)CC2)c2ccccc2)n1. The summed E-state index contributed by atoms with van der Waals surface area (Å²) >= 11 is 1.41. The van der Waals surface area contributed by atoms with Gasteiger partial charge in [-0.15, -0.1) is 11.3 Å². The fourth-order valence-electron chi connectivity index (χ4n) is 3.63. The van der Waals surface area contributed by atoms with Crippen molar-refractivity contribution in [2.24, 2.45) is 5.92 Å². The molecular weight excluding hydrogens is 437 g/mol. The van der Waals surface area contributed by atoms with Crippen LogP contribution in [0.1, 0.15) is 18.5 Å². The van der Waals surface area contributed by atoms with Gasteiger partial charge in [0.1, 0.15) is 5.82 Å². The second kappa shape index (κ2) is 8.86. The van der Waals surface area contributed by atoms with Gasteiger partial charge in [0.15, 0.2) is 5.13 Å². The normalized spacial score (nSPS) is 15.7. The van der Waals surface area contributed by atoms with E-state index in [4.69, 9.17) is 0 Å². The Bertz CT molecular complexity index is 1160. The molecule has 1 aromatic heterocycles. The minimum atomic E-state index is -3.72. The molecule has 9 heteroatoms. The number of carbonyl (C=O) groups is 1. The summed E-state index contributed by atoms with van der Waals surface area (Å²) < 4.78 is 40.2. The third-order valence-electron chi connectivity index (χ3n) is 5.29. The maximum atomic E-state index is 13.5. The number of hydrogen-bond donors (Lipinski definition) is 0. The number of aromatic nitrogens is 1. The molecule has 1 fully saturated rings. The lowest BCUT2D eigenvalue weighted by Gasteiger charge is -2.33. The first-order chi connectivity index (χ1) is 14.9. The Hall–Kier alpha value is -2.62. The van der Waals surface area contributed by atoms with Crippen molar-refractivity contribution < 1.29 is 17.6 Å². The van der Waals surface area contributed by atoms with Gasteiger partial charge in [-0.3, -0.25) is 9.69 Å². The average Bonchev–Trinajstić information content (AvgIpc) is 3.20. The molecule has 4 rings (SSSR count). The molecule has 2 heterocycles. The van der Waals surface area contributed by atoms with E-state index in [1.54, 1.807) is 4.90 Å². The van der Waals surface area contributed by atoms with Crippen molar-refractivity contribution in [1.29, 1.82) is 0 Å². The quantitative estimate of drug-likeness (QED) is 0.569. The molecule has 3 aromatic rings. The molecule has 1 aliphatic heterocycles. The summed E-state index contributed by atoms with van der Waals surface area (Å²) in [4.78, 5) is 19.6. The van der Waals surface area contributed by atoms with E-state index in [1.807, 2.05) is 42.6 Å². The second-order valence-electron chi connectivity index (χ2n) is 7.41. The fourth-order valence-corrected chi connectivity index (χ4v) is 5.93. The van der Waals surface area contributed by atoms with E-state index in [-0.39, 0.29) is 29.8 Å². The molecule has 2 aromatic carbocycles. The first-order valence-corrected chi connectivity index (χ1v) is 12.2. The molecule has 0 spiro atoms. The summed E-state index contributed by atoms with van der Waals surface area (Å²) in [7, 11) is -3.72. The molecule has 1 saturated heterocycles. The van der Waals surface area contributed by atoms with Crippen molar-refractivity contribution in [3.8, 4) is 0 Å². The van der Waals surface area contributed by atoms with Crippen molar-refractivity contribution in [3.05, 3.63) is 71.5 Å². The van der Waals surface area contributed by atoms with Crippen molar-refractivity contribution in [2.45, 2.75) is 24.7 Å². The first-order valence-electron chi connectivity index (χ1n) is 9.93. The molecule has 0 saturated carbocycles. The largest absolute Gasteiger partial charge is 0.274 e. The van der Waals surface area contributed by atoms with Gasteiger partial charge in [-0.1, -0.05) is 18.2 Å². The van der Waals surface area contributed by atoms with Crippen LogP contribution in [0.2, 0.25) is 0 Å². The number of para-hydroxylation sites is 1. The molecular formula is C22H22FN3O3S2. The van der Waals surface area contributed by atoms with Gasteiger partial charge in [-0.25, -0.2) is 17.8 Å². The van der Waals surface area contributed by atoms with E-state index in [9.17, 15) is 17.6 Å². The highest BCUT2D eigenvalue weighted by Crippen LogP contribution is 2.33.